The van der Waals surface area contributed by atoms with E-state index in [9.17, 15) is 5.26 Å². The molecule has 4 aromatic heterocycles. The number of hydrogen-bond acceptors (Lipinski definition) is 8. The molecule has 0 aliphatic carbocycles. The molecular formula is C14H11N11. The molecule has 11 heteroatoms. The van der Waals surface area contributed by atoms with Crippen LogP contribution in [0.2, 0.25) is 0 Å². The molecule has 0 aliphatic rings. The zero-order valence-electron chi connectivity index (χ0n) is 13.3. The van der Waals surface area contributed by atoms with Crippen LogP contribution in [0.5, 0.6) is 0 Å². The Kier molecular flexibility index (Phi) is 3.28. The van der Waals surface area contributed by atoms with Crippen molar-refractivity contribution in [2.24, 2.45) is 10.2 Å². The van der Waals surface area contributed by atoms with Crippen LogP contribution in [0, 0.1) is 25.2 Å². The summed E-state index contributed by atoms with van der Waals surface area (Å²) in [6, 6.07) is 3.73. The molecule has 0 aliphatic heterocycles. The van der Waals surface area contributed by atoms with E-state index in [0.717, 1.165) is 0 Å². The first-order valence-electron chi connectivity index (χ1n) is 7.26. The van der Waals surface area contributed by atoms with Gasteiger partial charge >= 0.3 is 0 Å². The number of H-pyrrole nitrogens is 1. The van der Waals surface area contributed by atoms with Gasteiger partial charge in [0.2, 0.25) is 0 Å². The maximum Gasteiger partial charge on any atom is 0.252 e. The molecule has 4 rings (SSSR count). The molecule has 0 bridgehead atoms. The molecule has 0 atom stereocenters. The molecular weight excluding hydrogens is 322 g/mol. The fraction of sp³-hybridized carbons (Fsp3) is 0.143. The molecule has 0 saturated heterocycles. The Labute approximate surface area is 140 Å². The smallest absolute Gasteiger partial charge is 0.252 e. The number of fused-ring (bicyclic) bond motifs is 1. The molecule has 11 nitrogen and oxygen atoms in total. The number of nitriles is 1. The number of nitrogens with zero attached hydrogens (tertiary/aromatic N) is 10. The van der Waals surface area contributed by atoms with E-state index in [2.05, 4.69) is 40.6 Å². The van der Waals surface area contributed by atoms with Crippen LogP contribution in [0.1, 0.15) is 17.1 Å². The van der Waals surface area contributed by atoms with E-state index in [1.165, 1.54) is 10.9 Å². The van der Waals surface area contributed by atoms with E-state index >= 15 is 0 Å². The lowest BCUT2D eigenvalue weighted by atomic mass is 10.4. The highest BCUT2D eigenvalue weighted by Crippen LogP contribution is 2.28. The minimum absolute atomic E-state index is 0.240. The predicted octanol–water partition coefficient (Wildman–Crippen LogP) is 1.94. The summed E-state index contributed by atoms with van der Waals surface area (Å²) < 4.78 is 3.00. The van der Waals surface area contributed by atoms with E-state index in [0.29, 0.717) is 28.8 Å². The van der Waals surface area contributed by atoms with Gasteiger partial charge in [-0.05, 0) is 19.9 Å². The van der Waals surface area contributed by atoms with Crippen LogP contribution in [0.15, 0.2) is 34.9 Å². The zero-order valence-corrected chi connectivity index (χ0v) is 13.3. The molecule has 0 amide bonds. The van der Waals surface area contributed by atoms with Gasteiger partial charge in [-0.25, -0.2) is 9.97 Å². The third kappa shape index (κ3) is 2.32. The number of nitrogens with one attached hydrogen (secondary N) is 1. The van der Waals surface area contributed by atoms with Crippen LogP contribution >= 0.6 is 0 Å². The van der Waals surface area contributed by atoms with Gasteiger partial charge in [-0.1, -0.05) is 0 Å². The monoisotopic (exact) mass is 333 g/mol. The van der Waals surface area contributed by atoms with Crippen molar-refractivity contribution in [3.05, 3.63) is 41.7 Å². The van der Waals surface area contributed by atoms with Gasteiger partial charge in [0, 0.05) is 12.4 Å². The van der Waals surface area contributed by atoms with Gasteiger partial charge in [-0.15, -0.1) is 10.2 Å². The van der Waals surface area contributed by atoms with E-state index in [-0.39, 0.29) is 11.4 Å². The molecule has 0 saturated carbocycles. The van der Waals surface area contributed by atoms with E-state index in [4.69, 9.17) is 0 Å². The topological polar surface area (TPSA) is 138 Å². The summed E-state index contributed by atoms with van der Waals surface area (Å²) in [4.78, 5) is 8.24. The average molecular weight is 333 g/mol. The summed E-state index contributed by atoms with van der Waals surface area (Å²) in [6.45, 7) is 3.64. The number of aromatic amines is 1. The highest BCUT2D eigenvalue weighted by Gasteiger charge is 2.16. The summed E-state index contributed by atoms with van der Waals surface area (Å²) in [6.07, 6.45) is 4.55. The lowest BCUT2D eigenvalue weighted by Gasteiger charge is -2.00. The maximum atomic E-state index is 9.29. The molecule has 4 heterocycles. The Balaban J connectivity index is 1.83. The molecule has 1 N–H and O–H groups in total. The first-order chi connectivity index (χ1) is 12.2. The highest BCUT2D eigenvalue weighted by molar-refractivity contribution is 5.66. The van der Waals surface area contributed by atoms with E-state index in [1.807, 2.05) is 19.9 Å². The van der Waals surface area contributed by atoms with Crippen LogP contribution in [0.25, 0.3) is 11.6 Å². The van der Waals surface area contributed by atoms with Gasteiger partial charge < -0.3 is 0 Å². The number of aromatic nitrogens is 8. The number of rotatable bonds is 3. The summed E-state index contributed by atoms with van der Waals surface area (Å²) in [5, 5.41) is 33.2. The van der Waals surface area contributed by atoms with Crippen LogP contribution in [-0.4, -0.2) is 39.6 Å². The lowest BCUT2D eigenvalue weighted by molar-refractivity contribution is 0.803. The Morgan fingerprint density at radius 1 is 1.20 bits per heavy atom. The molecule has 0 aromatic carbocycles. The molecule has 0 radical (unpaired) electrons. The first-order valence-corrected chi connectivity index (χ1v) is 7.26. The number of hydrogen-bond donors (Lipinski definition) is 1. The van der Waals surface area contributed by atoms with Crippen LogP contribution in [0.4, 0.5) is 11.5 Å². The quantitative estimate of drug-likeness (QED) is 0.568. The summed E-state index contributed by atoms with van der Waals surface area (Å²) in [5.41, 5.74) is 2.10. The molecule has 122 valence electrons. The van der Waals surface area contributed by atoms with Gasteiger partial charge in [0.1, 0.15) is 17.5 Å². The van der Waals surface area contributed by atoms with Crippen molar-refractivity contribution in [2.75, 3.05) is 0 Å². The molecule has 0 spiro atoms. The fourth-order valence-electron chi connectivity index (χ4n) is 2.32. The average Bonchev–Trinajstić information content (AvgIpc) is 3.29. The second-order valence-electron chi connectivity index (χ2n) is 5.12. The van der Waals surface area contributed by atoms with Crippen molar-refractivity contribution in [2.45, 2.75) is 13.8 Å². The predicted molar refractivity (Wildman–Crippen MR) is 84.9 cm³/mol. The molecule has 4 aromatic rings. The molecule has 0 unspecified atom stereocenters. The molecule has 0 fully saturated rings. The first kappa shape index (κ1) is 14.6. The van der Waals surface area contributed by atoms with Gasteiger partial charge in [-0.2, -0.15) is 29.8 Å². The van der Waals surface area contributed by atoms with Crippen molar-refractivity contribution < 1.29 is 0 Å². The maximum absolute atomic E-state index is 9.29. The Bertz CT molecular complexity index is 1120. The third-order valence-electron chi connectivity index (χ3n) is 3.51. The van der Waals surface area contributed by atoms with Crippen molar-refractivity contribution in [3.8, 4) is 12.0 Å². The van der Waals surface area contributed by atoms with Crippen molar-refractivity contribution >= 4 is 17.2 Å². The van der Waals surface area contributed by atoms with Crippen molar-refractivity contribution in [1.29, 1.82) is 5.26 Å². The summed E-state index contributed by atoms with van der Waals surface area (Å²) in [5.74, 6) is 1.25. The van der Waals surface area contributed by atoms with Crippen molar-refractivity contribution in [3.63, 3.8) is 0 Å². The van der Waals surface area contributed by atoms with E-state index < -0.39 is 0 Å². The van der Waals surface area contributed by atoms with Crippen LogP contribution in [0.3, 0.4) is 0 Å². The minimum Gasteiger partial charge on any atom is -0.258 e. The van der Waals surface area contributed by atoms with Crippen molar-refractivity contribution in [1.82, 2.24) is 39.6 Å². The molecule has 25 heavy (non-hydrogen) atoms. The fourth-order valence-corrected chi connectivity index (χ4v) is 2.32. The van der Waals surface area contributed by atoms with Gasteiger partial charge in [0.15, 0.2) is 17.2 Å². The lowest BCUT2D eigenvalue weighted by Crippen LogP contribution is -2.01. The standard InChI is InChI=1S/C14H11N11/c1-8-11(13-22-19-9(2)24(13)23-8)20-21-12-10(6-15)7-18-25(12)14-16-4-3-5-17-14/h3-5,7,22H,1-2H3/b21-20+. The van der Waals surface area contributed by atoms with Crippen LogP contribution < -0.4 is 0 Å². The van der Waals surface area contributed by atoms with Crippen LogP contribution in [-0.2, 0) is 0 Å². The SMILES string of the molecule is Cc1nn2c(C)n[nH]c2c1/N=N/c1c(C#N)cnn1-c1ncccn1. The van der Waals surface area contributed by atoms with Gasteiger partial charge in [0.05, 0.1) is 11.9 Å². The Hall–Kier alpha value is -3.94. The minimum atomic E-state index is 0.240. The van der Waals surface area contributed by atoms with Gasteiger partial charge in [-0.3, -0.25) is 5.10 Å². The Morgan fingerprint density at radius 2 is 2.00 bits per heavy atom. The number of aryl methyl sites for hydroxylation is 2. The normalized spacial score (nSPS) is 11.4. The highest BCUT2D eigenvalue weighted by atomic mass is 15.4. The van der Waals surface area contributed by atoms with Gasteiger partial charge in [0.25, 0.3) is 5.95 Å². The zero-order chi connectivity index (χ0) is 17.4. The summed E-state index contributed by atoms with van der Waals surface area (Å²) >= 11 is 0. The second-order valence-corrected chi connectivity index (χ2v) is 5.12. The Morgan fingerprint density at radius 3 is 2.76 bits per heavy atom. The largest absolute Gasteiger partial charge is 0.258 e. The second kappa shape index (κ2) is 5.60. The third-order valence-corrected chi connectivity index (χ3v) is 3.51. The number of azo groups is 1. The summed E-state index contributed by atoms with van der Waals surface area (Å²) in [7, 11) is 0. The van der Waals surface area contributed by atoms with E-state index in [1.54, 1.807) is 23.0 Å².